The molecule has 0 atom stereocenters. The average Bonchev–Trinajstić information content (AvgIpc) is 3.00. The van der Waals surface area contributed by atoms with E-state index in [-0.39, 0.29) is 24.9 Å². The van der Waals surface area contributed by atoms with Crippen molar-refractivity contribution in [2.75, 3.05) is 20.7 Å². The Labute approximate surface area is 163 Å². The van der Waals surface area contributed by atoms with E-state index >= 15 is 0 Å². The molecular formula is C21H23N3O4. The summed E-state index contributed by atoms with van der Waals surface area (Å²) >= 11 is 0. The fourth-order valence-electron chi connectivity index (χ4n) is 3.13. The van der Waals surface area contributed by atoms with Gasteiger partial charge in [-0.25, -0.2) is 4.79 Å². The van der Waals surface area contributed by atoms with Crippen LogP contribution in [-0.4, -0.2) is 48.3 Å². The zero-order valence-electron chi connectivity index (χ0n) is 16.2. The number of aryl methyl sites for hydroxylation is 1. The zero-order chi connectivity index (χ0) is 20.3. The third-order valence-corrected chi connectivity index (χ3v) is 4.67. The van der Waals surface area contributed by atoms with E-state index in [0.29, 0.717) is 12.1 Å². The lowest BCUT2D eigenvalue weighted by Gasteiger charge is -2.20. The summed E-state index contributed by atoms with van der Waals surface area (Å²) in [6.45, 7) is 2.64. The van der Waals surface area contributed by atoms with Crippen LogP contribution in [0, 0.1) is 6.92 Å². The normalized spacial score (nSPS) is 13.5. The number of hydrogen-bond donors (Lipinski definition) is 1. The number of urea groups is 1. The molecule has 28 heavy (non-hydrogen) atoms. The number of benzene rings is 2. The monoisotopic (exact) mass is 381 g/mol. The van der Waals surface area contributed by atoms with Crippen LogP contribution >= 0.6 is 0 Å². The van der Waals surface area contributed by atoms with Gasteiger partial charge in [-0.3, -0.25) is 14.5 Å². The Morgan fingerprint density at radius 2 is 1.89 bits per heavy atom. The zero-order valence-corrected chi connectivity index (χ0v) is 16.2. The summed E-state index contributed by atoms with van der Waals surface area (Å²) in [6.07, 6.45) is 0. The summed E-state index contributed by atoms with van der Waals surface area (Å²) in [5, 5.41) is 2.49. The van der Waals surface area contributed by atoms with Gasteiger partial charge in [-0.15, -0.1) is 0 Å². The standard InChI is InChI=1S/C21H23N3O4/c1-14-4-9-18(28-3)17(10-14)13-23(2)20(26)16-7-5-15(6-8-16)12-24-19(25)11-22-21(24)27/h4-10H,11-13H2,1-3H3,(H,22,27). The molecule has 4 amide bonds. The first kappa shape index (κ1) is 19.4. The van der Waals surface area contributed by atoms with Crippen LogP contribution in [0.15, 0.2) is 42.5 Å². The molecule has 146 valence electrons. The molecule has 0 unspecified atom stereocenters. The second-order valence-corrected chi connectivity index (χ2v) is 6.81. The van der Waals surface area contributed by atoms with Gasteiger partial charge in [0.25, 0.3) is 5.91 Å². The molecule has 1 saturated heterocycles. The number of carbonyl (C=O) groups is 3. The highest BCUT2D eigenvalue weighted by atomic mass is 16.5. The Kier molecular flexibility index (Phi) is 5.63. The lowest BCUT2D eigenvalue weighted by atomic mass is 10.1. The maximum atomic E-state index is 12.7. The molecular weight excluding hydrogens is 358 g/mol. The van der Waals surface area contributed by atoms with Crippen LogP contribution in [0.4, 0.5) is 4.79 Å². The number of nitrogens with one attached hydrogen (secondary N) is 1. The van der Waals surface area contributed by atoms with Gasteiger partial charge in [0.1, 0.15) is 5.75 Å². The van der Waals surface area contributed by atoms with Crippen molar-refractivity contribution < 1.29 is 19.1 Å². The maximum absolute atomic E-state index is 12.7. The quantitative estimate of drug-likeness (QED) is 0.779. The summed E-state index contributed by atoms with van der Waals surface area (Å²) in [5.74, 6) is 0.372. The minimum absolute atomic E-state index is 0.0304. The SMILES string of the molecule is COc1ccc(C)cc1CN(C)C(=O)c1ccc(CN2C(=O)CNC2=O)cc1. The van der Waals surface area contributed by atoms with Gasteiger partial charge in [-0.2, -0.15) is 0 Å². The van der Waals surface area contributed by atoms with E-state index in [4.69, 9.17) is 4.74 Å². The topological polar surface area (TPSA) is 79.0 Å². The second kappa shape index (κ2) is 8.12. The Bertz CT molecular complexity index is 892. The van der Waals surface area contributed by atoms with E-state index in [1.165, 1.54) is 0 Å². The second-order valence-electron chi connectivity index (χ2n) is 6.81. The number of carbonyl (C=O) groups excluding carboxylic acids is 3. The average molecular weight is 381 g/mol. The summed E-state index contributed by atoms with van der Waals surface area (Å²) in [7, 11) is 3.35. The third kappa shape index (κ3) is 4.14. The minimum atomic E-state index is -0.392. The molecule has 0 aromatic heterocycles. The van der Waals surface area contributed by atoms with E-state index in [1.807, 2.05) is 25.1 Å². The van der Waals surface area contributed by atoms with Crippen molar-refractivity contribution in [3.8, 4) is 5.75 Å². The molecule has 0 radical (unpaired) electrons. The van der Waals surface area contributed by atoms with E-state index in [1.54, 1.807) is 43.3 Å². The number of ether oxygens (including phenoxy) is 1. The van der Waals surface area contributed by atoms with Crippen molar-refractivity contribution >= 4 is 17.8 Å². The van der Waals surface area contributed by atoms with Gasteiger partial charge in [-0.1, -0.05) is 29.8 Å². The third-order valence-electron chi connectivity index (χ3n) is 4.67. The first-order chi connectivity index (χ1) is 13.4. The van der Waals surface area contributed by atoms with Crippen LogP contribution in [0.3, 0.4) is 0 Å². The highest BCUT2D eigenvalue weighted by Gasteiger charge is 2.28. The first-order valence-corrected chi connectivity index (χ1v) is 8.95. The number of imide groups is 1. The van der Waals surface area contributed by atoms with Crippen LogP contribution in [0.1, 0.15) is 27.0 Å². The fraction of sp³-hybridized carbons (Fsp3) is 0.286. The molecule has 0 saturated carbocycles. The minimum Gasteiger partial charge on any atom is -0.496 e. The van der Waals surface area contributed by atoms with Crippen LogP contribution in [0.5, 0.6) is 5.75 Å². The van der Waals surface area contributed by atoms with Gasteiger partial charge in [0, 0.05) is 24.7 Å². The number of nitrogens with zero attached hydrogens (tertiary/aromatic N) is 2. The lowest BCUT2D eigenvalue weighted by molar-refractivity contribution is -0.125. The molecule has 7 heteroatoms. The van der Waals surface area contributed by atoms with Crippen molar-refractivity contribution in [2.45, 2.75) is 20.0 Å². The Morgan fingerprint density at radius 1 is 1.18 bits per heavy atom. The molecule has 0 spiro atoms. The largest absolute Gasteiger partial charge is 0.496 e. The summed E-state index contributed by atoms with van der Waals surface area (Å²) in [6, 6.07) is 12.4. The number of methoxy groups -OCH3 is 1. The fourth-order valence-corrected chi connectivity index (χ4v) is 3.13. The maximum Gasteiger partial charge on any atom is 0.324 e. The molecule has 2 aromatic rings. The molecule has 2 aromatic carbocycles. The molecule has 1 aliphatic heterocycles. The molecule has 3 rings (SSSR count). The summed E-state index contributed by atoms with van der Waals surface area (Å²) in [5.41, 5.74) is 3.36. The van der Waals surface area contributed by atoms with Gasteiger partial charge in [0.2, 0.25) is 5.91 Å². The van der Waals surface area contributed by atoms with E-state index in [0.717, 1.165) is 27.3 Å². The van der Waals surface area contributed by atoms with Gasteiger partial charge < -0.3 is 15.0 Å². The molecule has 7 nitrogen and oxygen atoms in total. The van der Waals surface area contributed by atoms with Crippen LogP contribution in [-0.2, 0) is 17.9 Å². The van der Waals surface area contributed by atoms with E-state index < -0.39 is 6.03 Å². The molecule has 0 aliphatic carbocycles. The number of amides is 4. The van der Waals surface area contributed by atoms with Crippen molar-refractivity contribution in [2.24, 2.45) is 0 Å². The summed E-state index contributed by atoms with van der Waals surface area (Å²) in [4.78, 5) is 38.8. The van der Waals surface area contributed by atoms with Crippen molar-refractivity contribution in [1.82, 2.24) is 15.1 Å². The van der Waals surface area contributed by atoms with Crippen molar-refractivity contribution in [3.05, 3.63) is 64.7 Å². The smallest absolute Gasteiger partial charge is 0.324 e. The van der Waals surface area contributed by atoms with E-state index in [2.05, 4.69) is 5.32 Å². The van der Waals surface area contributed by atoms with Gasteiger partial charge in [0.05, 0.1) is 20.2 Å². The van der Waals surface area contributed by atoms with Crippen LogP contribution in [0.25, 0.3) is 0 Å². The molecule has 1 N–H and O–H groups in total. The van der Waals surface area contributed by atoms with Crippen LogP contribution < -0.4 is 10.1 Å². The Morgan fingerprint density at radius 3 is 2.50 bits per heavy atom. The predicted octanol–water partition coefficient (Wildman–Crippen LogP) is 2.33. The molecule has 1 aliphatic rings. The highest BCUT2D eigenvalue weighted by Crippen LogP contribution is 2.22. The summed E-state index contributed by atoms with van der Waals surface area (Å²) < 4.78 is 5.38. The number of rotatable bonds is 6. The predicted molar refractivity (Wildman–Crippen MR) is 104 cm³/mol. The van der Waals surface area contributed by atoms with Crippen LogP contribution in [0.2, 0.25) is 0 Å². The molecule has 1 heterocycles. The Balaban J connectivity index is 1.68. The lowest BCUT2D eigenvalue weighted by Crippen LogP contribution is -2.30. The van der Waals surface area contributed by atoms with E-state index in [9.17, 15) is 14.4 Å². The van der Waals surface area contributed by atoms with Gasteiger partial charge >= 0.3 is 6.03 Å². The van der Waals surface area contributed by atoms with Gasteiger partial charge in [-0.05, 0) is 30.7 Å². The highest BCUT2D eigenvalue weighted by molar-refractivity contribution is 6.01. The molecule has 1 fully saturated rings. The number of hydrogen-bond acceptors (Lipinski definition) is 4. The first-order valence-electron chi connectivity index (χ1n) is 8.95. The Hall–Kier alpha value is -3.35. The molecule has 0 bridgehead atoms. The van der Waals surface area contributed by atoms with Gasteiger partial charge in [0.15, 0.2) is 0 Å². The van der Waals surface area contributed by atoms with Crippen molar-refractivity contribution in [3.63, 3.8) is 0 Å². The van der Waals surface area contributed by atoms with Crippen molar-refractivity contribution in [1.29, 1.82) is 0 Å².